The van der Waals surface area contributed by atoms with Crippen LogP contribution in [-0.2, 0) is 0 Å². The maximum atomic E-state index is 4.95. The number of piperidine rings is 2. The van der Waals surface area contributed by atoms with Gasteiger partial charge in [-0.15, -0.1) is 20.4 Å². The first-order valence-electron chi connectivity index (χ1n) is 21.8. The molecule has 16 heteroatoms. The number of nitrogens with zero attached hydrogens (tertiary/aromatic N) is 11. The fraction of sp³-hybridized carbons (Fsp3) is 0.404. The van der Waals surface area contributed by atoms with E-state index in [0.29, 0.717) is 11.7 Å². The molecule has 0 saturated carbocycles. The molecule has 0 bridgehead atoms. The van der Waals surface area contributed by atoms with Gasteiger partial charge in [0, 0.05) is 83.1 Å². The average molecular weight is 846 g/mol. The number of aromatic nitrogens is 12. The van der Waals surface area contributed by atoms with E-state index in [-0.39, 0.29) is 28.2 Å². The summed E-state index contributed by atoms with van der Waals surface area (Å²) < 4.78 is 5.76. The van der Waals surface area contributed by atoms with E-state index in [1.807, 2.05) is 56.9 Å². The van der Waals surface area contributed by atoms with Gasteiger partial charge < -0.3 is 20.9 Å². The van der Waals surface area contributed by atoms with Gasteiger partial charge in [0.2, 0.25) is 11.9 Å². The number of H-pyrrole nitrogens is 2. The van der Waals surface area contributed by atoms with E-state index >= 15 is 0 Å². The van der Waals surface area contributed by atoms with Crippen molar-refractivity contribution >= 4 is 33.4 Å². The van der Waals surface area contributed by atoms with E-state index in [1.54, 1.807) is 12.4 Å². The number of hydrogen-bond donors (Lipinski definition) is 5. The minimum absolute atomic E-state index is 0.00467. The zero-order valence-electron chi connectivity index (χ0n) is 37.6. The Morgan fingerprint density at radius 3 is 1.97 bits per heavy atom. The topological polar surface area (TPSA) is 175 Å². The minimum atomic E-state index is -0.00467. The summed E-state index contributed by atoms with van der Waals surface area (Å²) in [4.78, 5) is 2.28. The number of hydrogen-bond acceptors (Lipinski definition) is 11. The predicted octanol–water partition coefficient (Wildman–Crippen LogP) is 7.07. The van der Waals surface area contributed by atoms with Gasteiger partial charge in [0.15, 0.2) is 5.82 Å². The zero-order valence-corrected chi connectivity index (χ0v) is 37.6. The highest BCUT2D eigenvalue weighted by molar-refractivity contribution is 6.02. The van der Waals surface area contributed by atoms with Gasteiger partial charge in [0.1, 0.15) is 17.0 Å². The van der Waals surface area contributed by atoms with Crippen LogP contribution in [0.2, 0.25) is 0 Å². The second-order valence-electron chi connectivity index (χ2n) is 20.2. The van der Waals surface area contributed by atoms with Gasteiger partial charge >= 0.3 is 0 Å². The van der Waals surface area contributed by atoms with E-state index < -0.39 is 0 Å². The number of aromatic amines is 2. The van der Waals surface area contributed by atoms with Crippen LogP contribution in [0.15, 0.2) is 91.8 Å². The lowest BCUT2D eigenvalue weighted by Crippen LogP contribution is -2.62. The summed E-state index contributed by atoms with van der Waals surface area (Å²) in [7, 11) is 2.13. The summed E-state index contributed by atoms with van der Waals surface area (Å²) >= 11 is 0. The van der Waals surface area contributed by atoms with Gasteiger partial charge in [0.05, 0.1) is 39.7 Å². The summed E-state index contributed by atoms with van der Waals surface area (Å²) in [5.41, 5.74) is 7.50. The molecule has 0 spiro atoms. The van der Waals surface area contributed by atoms with Crippen molar-refractivity contribution in [2.45, 2.75) is 115 Å². The molecule has 8 heterocycles. The van der Waals surface area contributed by atoms with Gasteiger partial charge in [0.25, 0.3) is 0 Å². The molecule has 63 heavy (non-hydrogen) atoms. The number of anilines is 2. The molecule has 0 unspecified atom stereocenters. The van der Waals surface area contributed by atoms with E-state index in [4.69, 9.17) is 20.4 Å². The third-order valence-electron chi connectivity index (χ3n) is 12.6. The van der Waals surface area contributed by atoms with Crippen LogP contribution in [0, 0.1) is 0 Å². The van der Waals surface area contributed by atoms with Crippen molar-refractivity contribution < 1.29 is 4.68 Å². The minimum Gasteiger partial charge on any atom is -0.366 e. The highest BCUT2D eigenvalue weighted by Gasteiger charge is 2.40. The summed E-state index contributed by atoms with van der Waals surface area (Å²) in [6, 6.07) is 18.9. The van der Waals surface area contributed by atoms with Crippen molar-refractivity contribution in [3.8, 4) is 39.6 Å². The maximum Gasteiger partial charge on any atom is 0.248 e. The Kier molecular flexibility index (Phi) is 9.53. The predicted molar refractivity (Wildman–Crippen MR) is 246 cm³/mol. The van der Waals surface area contributed by atoms with Crippen molar-refractivity contribution in [1.29, 1.82) is 0 Å². The lowest BCUT2D eigenvalue weighted by Gasteiger charge is -2.49. The molecule has 8 aromatic rings. The van der Waals surface area contributed by atoms with Gasteiger partial charge in [-0.05, 0) is 130 Å². The molecule has 0 aliphatic carbocycles. The molecule has 10 rings (SSSR count). The lowest BCUT2D eigenvalue weighted by atomic mass is 9.79. The Morgan fingerprint density at radius 2 is 1.35 bits per heavy atom. The Bertz CT molecular complexity index is 2870. The Morgan fingerprint density at radius 1 is 0.698 bits per heavy atom. The van der Waals surface area contributed by atoms with Gasteiger partial charge in [-0.25, -0.2) is 9.36 Å². The first-order valence-corrected chi connectivity index (χ1v) is 21.8. The first-order chi connectivity index (χ1) is 30.0. The quantitative estimate of drug-likeness (QED) is 0.0941. The molecule has 0 amide bonds. The average Bonchev–Trinajstić information content (AvgIpc) is 4.06. The molecular weight excluding hydrogens is 789 g/mol. The molecule has 16 nitrogen and oxygen atoms in total. The highest BCUT2D eigenvalue weighted by atomic mass is 15.3. The summed E-state index contributed by atoms with van der Waals surface area (Å²) in [6.07, 6.45) is 15.3. The molecule has 6 aromatic heterocycles. The molecule has 5 N–H and O–H groups in total. The van der Waals surface area contributed by atoms with E-state index in [9.17, 15) is 0 Å². The molecule has 324 valence electrons. The van der Waals surface area contributed by atoms with Crippen molar-refractivity contribution in [3.05, 3.63) is 91.8 Å². The van der Waals surface area contributed by atoms with Crippen LogP contribution in [0.5, 0.6) is 0 Å². The maximum absolute atomic E-state index is 4.95. The van der Waals surface area contributed by atoms with Crippen LogP contribution in [0.25, 0.3) is 61.4 Å². The third-order valence-corrected chi connectivity index (χ3v) is 12.6. The molecule has 2 aliphatic rings. The van der Waals surface area contributed by atoms with Crippen LogP contribution in [-0.4, -0.2) is 96.5 Å². The summed E-state index contributed by atoms with van der Waals surface area (Å²) in [6.45, 7) is 18.1. The molecule has 2 fully saturated rings. The van der Waals surface area contributed by atoms with Crippen LogP contribution in [0.1, 0.15) is 81.1 Å². The summed E-state index contributed by atoms with van der Waals surface area (Å²) in [5, 5.41) is 53.2. The second-order valence-corrected chi connectivity index (χ2v) is 20.2. The molecule has 2 saturated heterocycles. The highest BCUT2D eigenvalue weighted by Crippen LogP contribution is 2.38. The van der Waals surface area contributed by atoms with Gasteiger partial charge in [-0.1, -0.05) is 4.68 Å². The third kappa shape index (κ3) is 7.82. The molecule has 2 aliphatic heterocycles. The van der Waals surface area contributed by atoms with Crippen LogP contribution < -0.4 is 25.5 Å². The molecule has 0 atom stereocenters. The van der Waals surface area contributed by atoms with Crippen molar-refractivity contribution in [2.75, 3.05) is 17.3 Å². The normalized spacial score (nSPS) is 18.6. The number of fused-ring (bicyclic) bond motifs is 2. The van der Waals surface area contributed by atoms with E-state index in [1.165, 1.54) is 0 Å². The van der Waals surface area contributed by atoms with Gasteiger partial charge in [-0.3, -0.25) is 5.10 Å². The fourth-order valence-electron chi connectivity index (χ4n) is 10.8. The van der Waals surface area contributed by atoms with Crippen molar-refractivity contribution in [2.24, 2.45) is 0 Å². The standard InChI is InChI=1S/C47H56N16/c1-44(2)23-29(24-45(3,4)58-44)51-39-16-13-34(52-54-39)31-12-15-36(61-20-10-18-49-61)43-33(31)28-63(57-43)37-22-38(62-21-11-19-50-62)42-32(27-48-56-42)41(37)35-14-17-40(55-53-35)60(9)30-25-46(5,6)59-47(7,8)26-30/h10-22,27-30,58-59H,23-26H2,1-9H3,(H2,48,51,53,54,56,57)/p+1. The largest absolute Gasteiger partial charge is 0.366 e. The number of benzene rings is 2. The zero-order chi connectivity index (χ0) is 43.9. The van der Waals surface area contributed by atoms with Gasteiger partial charge in [-0.2, -0.15) is 20.4 Å². The Balaban J connectivity index is 1.08. The first kappa shape index (κ1) is 40.5. The molecular formula is C47H57N16+. The van der Waals surface area contributed by atoms with Crippen LogP contribution >= 0.6 is 0 Å². The number of rotatable bonds is 9. The smallest absolute Gasteiger partial charge is 0.248 e. The second kappa shape index (κ2) is 14.8. The molecule has 0 radical (unpaired) electrons. The van der Waals surface area contributed by atoms with Crippen LogP contribution in [0.3, 0.4) is 0 Å². The Hall–Kier alpha value is -6.52. The lowest BCUT2D eigenvalue weighted by molar-refractivity contribution is -0.652. The monoisotopic (exact) mass is 845 g/mol. The fourth-order valence-corrected chi connectivity index (χ4v) is 10.8. The molecule has 2 aromatic carbocycles. The Labute approximate surface area is 366 Å². The number of nitrogens with one attached hydrogen (secondary N) is 5. The van der Waals surface area contributed by atoms with E-state index in [2.05, 4.69) is 145 Å². The van der Waals surface area contributed by atoms with Crippen molar-refractivity contribution in [1.82, 2.24) is 65.9 Å². The van der Waals surface area contributed by atoms with Crippen LogP contribution in [0.4, 0.5) is 11.6 Å². The van der Waals surface area contributed by atoms with Crippen molar-refractivity contribution in [3.63, 3.8) is 0 Å². The van der Waals surface area contributed by atoms with E-state index in [0.717, 1.165) is 93.0 Å². The summed E-state index contributed by atoms with van der Waals surface area (Å²) in [5.74, 6) is 1.59. The SMILES string of the molecule is CN(c1ccc(-c2c(-[n+]3cc4c(-c5ccc(NC6CC(C)(C)NC(C)(C)C6)nn5)ccc(-n5cccn5)c4[nH]3)cc(-n3cccn3)c3[nH]ncc23)nn1)C1CC(C)(C)NC(C)(C)C1.